The number of halogens is 1. The molecular weight excluding hydrogens is 348 g/mol. The topological polar surface area (TPSA) is 24.7 Å². The Morgan fingerprint density at radius 1 is 0.783 bits per heavy atom. The zero-order valence-electron chi connectivity index (χ0n) is 12.6. The van der Waals surface area contributed by atoms with Crippen LogP contribution in [0.5, 0.6) is 0 Å². The molecule has 0 saturated heterocycles. The summed E-state index contributed by atoms with van der Waals surface area (Å²) in [5.41, 5.74) is 3.45. The molecule has 2 aliphatic rings. The lowest BCUT2D eigenvalue weighted by Crippen LogP contribution is -1.98. The van der Waals surface area contributed by atoms with Gasteiger partial charge < -0.3 is 0 Å². The van der Waals surface area contributed by atoms with Crippen LogP contribution in [0.25, 0.3) is 0 Å². The van der Waals surface area contributed by atoms with E-state index in [1.165, 1.54) is 26.4 Å². The SMILES string of the molecule is CCc1c2c(c(Br)c3c1=c1ccccc1=N3)=c1ccccc1=N2. The van der Waals surface area contributed by atoms with Crippen LogP contribution in [0, 0.1) is 20.9 Å². The second-order valence-corrected chi connectivity index (χ2v) is 6.64. The van der Waals surface area contributed by atoms with Gasteiger partial charge in [-0.2, -0.15) is 0 Å². The normalized spacial score (nSPS) is 12.8. The van der Waals surface area contributed by atoms with Gasteiger partial charge in [-0.25, -0.2) is 9.98 Å². The van der Waals surface area contributed by atoms with Crippen LogP contribution in [0.15, 0.2) is 63.0 Å². The predicted octanol–water partition coefficient (Wildman–Crippen LogP) is 4.11. The van der Waals surface area contributed by atoms with Gasteiger partial charge in [0.15, 0.2) is 0 Å². The van der Waals surface area contributed by atoms with E-state index in [0.717, 1.165) is 33.0 Å². The fourth-order valence-corrected chi connectivity index (χ4v) is 4.35. The molecule has 110 valence electrons. The molecule has 0 amide bonds. The highest BCUT2D eigenvalue weighted by Gasteiger charge is 2.20. The Bertz CT molecular complexity index is 1310. The largest absolute Gasteiger partial charge is 0.247 e. The summed E-state index contributed by atoms with van der Waals surface area (Å²) in [5.74, 6) is 0. The molecule has 0 fully saturated rings. The van der Waals surface area contributed by atoms with Crippen molar-refractivity contribution < 1.29 is 0 Å². The summed E-state index contributed by atoms with van der Waals surface area (Å²) >= 11 is 3.82. The zero-order valence-corrected chi connectivity index (χ0v) is 14.2. The van der Waals surface area contributed by atoms with Crippen LogP contribution in [0.3, 0.4) is 0 Å². The van der Waals surface area contributed by atoms with E-state index in [0.29, 0.717) is 0 Å². The van der Waals surface area contributed by atoms with Crippen molar-refractivity contribution in [3.63, 3.8) is 0 Å². The lowest BCUT2D eigenvalue weighted by atomic mass is 10.0. The summed E-state index contributed by atoms with van der Waals surface area (Å²) in [7, 11) is 0. The Morgan fingerprint density at radius 2 is 1.35 bits per heavy atom. The highest BCUT2D eigenvalue weighted by atomic mass is 79.9. The number of benzene rings is 3. The first-order valence-corrected chi connectivity index (χ1v) is 8.59. The molecule has 2 nitrogen and oxygen atoms in total. The van der Waals surface area contributed by atoms with Gasteiger partial charge >= 0.3 is 0 Å². The maximum atomic E-state index is 4.93. The van der Waals surface area contributed by atoms with Crippen LogP contribution >= 0.6 is 15.9 Å². The Labute approximate surface area is 141 Å². The third-order valence-electron chi connectivity index (χ3n) is 4.65. The average molecular weight is 361 g/mol. The predicted molar refractivity (Wildman–Crippen MR) is 93.4 cm³/mol. The first-order chi connectivity index (χ1) is 11.3. The number of para-hydroxylation sites is 2. The van der Waals surface area contributed by atoms with E-state index in [1.807, 2.05) is 12.1 Å². The fraction of sp³-hybridized carbons (Fsp3) is 0.100. The zero-order chi connectivity index (χ0) is 15.6. The van der Waals surface area contributed by atoms with Crippen molar-refractivity contribution >= 4 is 27.3 Å². The van der Waals surface area contributed by atoms with Crippen LogP contribution < -0.4 is 10.7 Å². The molecule has 0 unspecified atom stereocenters. The molecule has 0 atom stereocenters. The van der Waals surface area contributed by atoms with Crippen molar-refractivity contribution in [2.45, 2.75) is 13.3 Å². The van der Waals surface area contributed by atoms with Gasteiger partial charge in [-0.3, -0.25) is 0 Å². The van der Waals surface area contributed by atoms with Crippen LogP contribution in [-0.4, -0.2) is 0 Å². The smallest absolute Gasteiger partial charge is 0.0868 e. The first-order valence-electron chi connectivity index (χ1n) is 7.80. The molecule has 5 rings (SSSR count). The van der Waals surface area contributed by atoms with E-state index in [9.17, 15) is 0 Å². The molecule has 0 radical (unpaired) electrons. The summed E-state index contributed by atoms with van der Waals surface area (Å²) in [4.78, 5) is 9.81. The van der Waals surface area contributed by atoms with Crippen molar-refractivity contribution in [3.05, 3.63) is 90.2 Å². The van der Waals surface area contributed by atoms with Gasteiger partial charge in [0.2, 0.25) is 0 Å². The van der Waals surface area contributed by atoms with Crippen LogP contribution in [0.1, 0.15) is 12.5 Å². The molecule has 0 aromatic heterocycles. The summed E-state index contributed by atoms with van der Waals surface area (Å²) in [6.07, 6.45) is 0.944. The van der Waals surface area contributed by atoms with E-state index < -0.39 is 0 Å². The maximum absolute atomic E-state index is 4.93. The second-order valence-electron chi connectivity index (χ2n) is 5.85. The van der Waals surface area contributed by atoms with Gasteiger partial charge in [-0.1, -0.05) is 43.3 Å². The van der Waals surface area contributed by atoms with E-state index >= 15 is 0 Å². The van der Waals surface area contributed by atoms with Crippen molar-refractivity contribution in [1.82, 2.24) is 0 Å². The summed E-state index contributed by atoms with van der Waals surface area (Å²) in [6.45, 7) is 2.20. The Kier molecular flexibility index (Phi) is 2.65. The molecule has 2 heterocycles. The van der Waals surface area contributed by atoms with Crippen molar-refractivity contribution in [3.8, 4) is 0 Å². The van der Waals surface area contributed by atoms with Crippen molar-refractivity contribution in [1.29, 1.82) is 0 Å². The minimum Gasteiger partial charge on any atom is -0.247 e. The number of nitrogens with zero attached hydrogens (tertiary/aromatic N) is 2. The monoisotopic (exact) mass is 360 g/mol. The van der Waals surface area contributed by atoms with Crippen molar-refractivity contribution in [2.75, 3.05) is 0 Å². The average Bonchev–Trinajstić information content (AvgIpc) is 3.15. The number of rotatable bonds is 1. The molecule has 3 aromatic rings. The lowest BCUT2D eigenvalue weighted by Gasteiger charge is -2.07. The van der Waals surface area contributed by atoms with Gasteiger partial charge in [-0.15, -0.1) is 0 Å². The van der Waals surface area contributed by atoms with Crippen LogP contribution in [-0.2, 0) is 6.42 Å². The van der Waals surface area contributed by atoms with Gasteiger partial charge in [-0.05, 0) is 40.0 Å². The molecular formula is C20H13BrN2. The van der Waals surface area contributed by atoms with Gasteiger partial charge in [0, 0.05) is 20.9 Å². The standard InChI is InChI=1S/C20H13BrN2/c1-2-11-16-12-7-3-5-9-14(12)23-20(16)18(21)17-13-8-4-6-10-15(13)22-19(11)17/h3-10H,2H2,1H3. The highest BCUT2D eigenvalue weighted by molar-refractivity contribution is 9.10. The molecule has 0 saturated carbocycles. The van der Waals surface area contributed by atoms with E-state index in [1.54, 1.807) is 0 Å². The van der Waals surface area contributed by atoms with Gasteiger partial charge in [0.25, 0.3) is 0 Å². The van der Waals surface area contributed by atoms with E-state index in [-0.39, 0.29) is 0 Å². The fourth-order valence-electron chi connectivity index (χ4n) is 3.66. The molecule has 0 aliphatic carbocycles. The van der Waals surface area contributed by atoms with E-state index in [4.69, 9.17) is 9.98 Å². The lowest BCUT2D eigenvalue weighted by molar-refractivity contribution is 1.11. The van der Waals surface area contributed by atoms with Crippen LogP contribution in [0.4, 0.5) is 11.4 Å². The first kappa shape index (κ1) is 13.2. The molecule has 23 heavy (non-hydrogen) atoms. The third kappa shape index (κ3) is 1.63. The Morgan fingerprint density at radius 3 is 2.00 bits per heavy atom. The van der Waals surface area contributed by atoms with E-state index in [2.05, 4.69) is 59.3 Å². The molecule has 3 aromatic carbocycles. The highest BCUT2D eigenvalue weighted by Crippen LogP contribution is 2.39. The molecule has 2 aliphatic heterocycles. The minimum absolute atomic E-state index is 0.944. The molecule has 0 spiro atoms. The summed E-state index contributed by atoms with van der Waals surface area (Å²) in [5, 5.41) is 6.94. The Hall–Kier alpha value is -2.26. The maximum Gasteiger partial charge on any atom is 0.0868 e. The minimum atomic E-state index is 0.944. The van der Waals surface area contributed by atoms with Gasteiger partial charge in [0.1, 0.15) is 0 Å². The quantitative estimate of drug-likeness (QED) is 0.429. The van der Waals surface area contributed by atoms with Crippen LogP contribution in [0.2, 0.25) is 0 Å². The number of hydrogen-bond acceptors (Lipinski definition) is 2. The second kappa shape index (κ2) is 4.62. The summed E-state index contributed by atoms with van der Waals surface area (Å²) in [6, 6.07) is 16.7. The third-order valence-corrected chi connectivity index (χ3v) is 5.43. The Balaban J connectivity index is 2.17. The molecule has 0 N–H and O–H groups in total. The molecule has 3 heteroatoms. The number of hydrogen-bond donors (Lipinski definition) is 0. The molecule has 0 bridgehead atoms. The van der Waals surface area contributed by atoms with Gasteiger partial charge in [0.05, 0.1) is 26.6 Å². The number of fused-ring (bicyclic) bond motifs is 4. The summed E-state index contributed by atoms with van der Waals surface area (Å²) < 4.78 is 1.06. The van der Waals surface area contributed by atoms with Crippen molar-refractivity contribution in [2.24, 2.45) is 9.98 Å².